The summed E-state index contributed by atoms with van der Waals surface area (Å²) in [7, 11) is 0. The average Bonchev–Trinajstić information content (AvgIpc) is 2.92. The molecular formula is C33H39F3N2. The summed E-state index contributed by atoms with van der Waals surface area (Å²) in [4.78, 5) is 2.54. The summed E-state index contributed by atoms with van der Waals surface area (Å²) < 4.78 is 39.5. The molecule has 0 heterocycles. The van der Waals surface area contributed by atoms with Gasteiger partial charge in [0.2, 0.25) is 0 Å². The van der Waals surface area contributed by atoms with Crippen molar-refractivity contribution in [3.63, 3.8) is 0 Å². The Morgan fingerprint density at radius 3 is 1.63 bits per heavy atom. The fourth-order valence-corrected chi connectivity index (χ4v) is 5.32. The van der Waals surface area contributed by atoms with Gasteiger partial charge >= 0.3 is 6.18 Å². The molecule has 3 rings (SSSR count). The van der Waals surface area contributed by atoms with Crippen molar-refractivity contribution in [1.29, 1.82) is 5.26 Å². The highest BCUT2D eigenvalue weighted by Crippen LogP contribution is 2.39. The molecule has 0 saturated heterocycles. The highest BCUT2D eigenvalue weighted by Gasteiger charge is 2.38. The van der Waals surface area contributed by atoms with Gasteiger partial charge in [0, 0.05) is 19.1 Å². The lowest BCUT2D eigenvalue weighted by atomic mass is 9.69. The molecule has 2 nitrogen and oxygen atoms in total. The van der Waals surface area contributed by atoms with Crippen molar-refractivity contribution in [3.8, 4) is 6.07 Å². The lowest BCUT2D eigenvalue weighted by molar-refractivity contribution is -0.137. The van der Waals surface area contributed by atoms with E-state index in [1.165, 1.54) is 23.3 Å². The maximum Gasteiger partial charge on any atom is 0.416 e. The van der Waals surface area contributed by atoms with Crippen molar-refractivity contribution in [3.05, 3.63) is 107 Å². The van der Waals surface area contributed by atoms with E-state index in [9.17, 15) is 18.4 Å². The number of benzene rings is 3. The summed E-state index contributed by atoms with van der Waals surface area (Å²) >= 11 is 0. The first-order valence-electron chi connectivity index (χ1n) is 13.6. The lowest BCUT2D eigenvalue weighted by Gasteiger charge is -2.36. The monoisotopic (exact) mass is 520 g/mol. The molecule has 0 spiro atoms. The third kappa shape index (κ3) is 7.71. The van der Waals surface area contributed by atoms with Gasteiger partial charge in [-0.3, -0.25) is 4.90 Å². The molecule has 5 heteroatoms. The van der Waals surface area contributed by atoms with E-state index in [1.807, 2.05) is 26.0 Å². The van der Waals surface area contributed by atoms with Crippen LogP contribution in [0.3, 0.4) is 0 Å². The van der Waals surface area contributed by atoms with Crippen LogP contribution in [0.25, 0.3) is 0 Å². The van der Waals surface area contributed by atoms with Crippen LogP contribution in [0.5, 0.6) is 0 Å². The van der Waals surface area contributed by atoms with E-state index < -0.39 is 17.2 Å². The van der Waals surface area contributed by atoms with Crippen molar-refractivity contribution in [1.82, 2.24) is 4.90 Å². The maximum absolute atomic E-state index is 13.2. The second-order valence-corrected chi connectivity index (χ2v) is 10.4. The van der Waals surface area contributed by atoms with E-state index in [-0.39, 0.29) is 12.0 Å². The average molecular weight is 521 g/mol. The van der Waals surface area contributed by atoms with Gasteiger partial charge < -0.3 is 0 Å². The van der Waals surface area contributed by atoms with Crippen LogP contribution < -0.4 is 0 Å². The van der Waals surface area contributed by atoms with E-state index in [1.54, 1.807) is 0 Å². The number of alkyl halides is 3. The van der Waals surface area contributed by atoms with Crippen LogP contribution in [0.1, 0.15) is 62.3 Å². The zero-order valence-corrected chi connectivity index (χ0v) is 22.7. The molecule has 2 atom stereocenters. The Hall–Kier alpha value is -3.10. The Morgan fingerprint density at radius 2 is 1.24 bits per heavy atom. The smallest absolute Gasteiger partial charge is 0.300 e. The molecule has 3 aromatic carbocycles. The van der Waals surface area contributed by atoms with Crippen molar-refractivity contribution in [2.24, 2.45) is 5.92 Å². The number of rotatable bonds is 13. The highest BCUT2D eigenvalue weighted by molar-refractivity contribution is 5.36. The predicted octanol–water partition coefficient (Wildman–Crippen LogP) is 8.47. The van der Waals surface area contributed by atoms with Gasteiger partial charge in [-0.15, -0.1) is 0 Å². The molecule has 0 aliphatic carbocycles. The Labute approximate surface area is 226 Å². The molecule has 202 valence electrons. The van der Waals surface area contributed by atoms with Crippen molar-refractivity contribution in [2.75, 3.05) is 13.1 Å². The van der Waals surface area contributed by atoms with Gasteiger partial charge in [-0.05, 0) is 66.8 Å². The minimum Gasteiger partial charge on any atom is -0.300 e. The van der Waals surface area contributed by atoms with Crippen LogP contribution in [0.2, 0.25) is 0 Å². The first kappa shape index (κ1) is 29.5. The number of hydrogen-bond acceptors (Lipinski definition) is 2. The van der Waals surface area contributed by atoms with E-state index in [2.05, 4.69) is 66.4 Å². The first-order valence-corrected chi connectivity index (χ1v) is 13.6. The fraction of sp³-hybridized carbons (Fsp3) is 0.424. The molecule has 0 aromatic heterocycles. The van der Waals surface area contributed by atoms with Crippen LogP contribution >= 0.6 is 0 Å². The van der Waals surface area contributed by atoms with Gasteiger partial charge in [0.1, 0.15) is 0 Å². The Morgan fingerprint density at radius 1 is 0.763 bits per heavy atom. The topological polar surface area (TPSA) is 27.0 Å². The molecule has 38 heavy (non-hydrogen) atoms. The Balaban J connectivity index is 1.80. The standard InChI is InChI=1S/C33H39F3N2/c1-4-31(19-22-32(25-37,26(2)3)29-15-17-30(18-16-29)33(34,35)36)38(23-20-27-11-7-5-8-12-27)24-21-28-13-9-6-10-14-28/h5-18,26,31H,4,19-24H2,1-3H3. The minimum absolute atomic E-state index is 0.0381. The van der Waals surface area contributed by atoms with Gasteiger partial charge in [-0.25, -0.2) is 0 Å². The molecule has 0 aliphatic heterocycles. The molecule has 0 fully saturated rings. The zero-order chi connectivity index (χ0) is 27.6. The largest absolute Gasteiger partial charge is 0.416 e. The van der Waals surface area contributed by atoms with Crippen LogP contribution in [0.15, 0.2) is 84.9 Å². The van der Waals surface area contributed by atoms with E-state index in [0.29, 0.717) is 12.0 Å². The van der Waals surface area contributed by atoms with Crippen molar-refractivity contribution < 1.29 is 13.2 Å². The molecule has 2 unspecified atom stereocenters. The summed E-state index contributed by atoms with van der Waals surface area (Å²) in [5.41, 5.74) is 1.73. The summed E-state index contributed by atoms with van der Waals surface area (Å²) in [6.45, 7) is 7.99. The summed E-state index contributed by atoms with van der Waals surface area (Å²) in [6.07, 6.45) is -0.171. The SMILES string of the molecule is CCC(CCC(C#N)(c1ccc(C(F)(F)F)cc1)C(C)C)N(CCc1ccccc1)CCc1ccccc1. The van der Waals surface area contributed by atoms with Crippen molar-refractivity contribution >= 4 is 0 Å². The molecular weight excluding hydrogens is 481 g/mol. The second-order valence-electron chi connectivity index (χ2n) is 10.4. The molecule has 0 N–H and O–H groups in total. The zero-order valence-electron chi connectivity index (χ0n) is 22.7. The molecule has 0 bridgehead atoms. The van der Waals surface area contributed by atoms with Crippen molar-refractivity contribution in [2.45, 2.75) is 70.5 Å². The first-order chi connectivity index (χ1) is 18.2. The number of nitriles is 1. The minimum atomic E-state index is -4.39. The van der Waals surface area contributed by atoms with Crippen LogP contribution in [-0.2, 0) is 24.4 Å². The molecule has 3 aromatic rings. The van der Waals surface area contributed by atoms with Gasteiger partial charge in [-0.2, -0.15) is 18.4 Å². The number of halogens is 3. The second kappa shape index (κ2) is 13.6. The Kier molecular flexibility index (Phi) is 10.6. The highest BCUT2D eigenvalue weighted by atomic mass is 19.4. The van der Waals surface area contributed by atoms with Gasteiger partial charge in [0.15, 0.2) is 0 Å². The third-order valence-corrected chi connectivity index (χ3v) is 7.83. The van der Waals surface area contributed by atoms with Gasteiger partial charge in [0.05, 0.1) is 17.0 Å². The molecule has 0 amide bonds. The normalized spacial score (nSPS) is 14.3. The van der Waals surface area contributed by atoms with Gasteiger partial charge in [0.25, 0.3) is 0 Å². The van der Waals surface area contributed by atoms with Crippen LogP contribution in [-0.4, -0.2) is 24.0 Å². The number of hydrogen-bond donors (Lipinski definition) is 0. The van der Waals surface area contributed by atoms with E-state index in [4.69, 9.17) is 0 Å². The van der Waals surface area contributed by atoms with Crippen LogP contribution in [0.4, 0.5) is 13.2 Å². The maximum atomic E-state index is 13.2. The predicted molar refractivity (Wildman–Crippen MR) is 149 cm³/mol. The molecule has 0 aliphatic rings. The van der Waals surface area contributed by atoms with E-state index >= 15 is 0 Å². The lowest BCUT2D eigenvalue weighted by Crippen LogP contribution is -2.40. The Bertz CT molecular complexity index is 1090. The summed E-state index contributed by atoms with van der Waals surface area (Å²) in [5.74, 6) is -0.0381. The molecule has 0 saturated carbocycles. The number of nitrogens with zero attached hydrogens (tertiary/aromatic N) is 2. The summed E-state index contributed by atoms with van der Waals surface area (Å²) in [5, 5.41) is 10.4. The van der Waals surface area contributed by atoms with E-state index in [0.717, 1.165) is 50.9 Å². The third-order valence-electron chi connectivity index (χ3n) is 7.83. The summed E-state index contributed by atoms with van der Waals surface area (Å²) in [6, 6.07) is 28.9. The fourth-order valence-electron chi connectivity index (χ4n) is 5.32. The van der Waals surface area contributed by atoms with Crippen LogP contribution in [0, 0.1) is 17.2 Å². The van der Waals surface area contributed by atoms with Gasteiger partial charge in [-0.1, -0.05) is 93.6 Å². The quantitative estimate of drug-likeness (QED) is 0.226. The molecule has 0 radical (unpaired) electrons.